The van der Waals surface area contributed by atoms with Crippen LogP contribution in [-0.4, -0.2) is 57.1 Å². The van der Waals surface area contributed by atoms with Crippen LogP contribution in [0.1, 0.15) is 37.4 Å². The van der Waals surface area contributed by atoms with E-state index in [1.165, 1.54) is 11.3 Å². The molecular formula is C25H28N8OS. The number of nitrogens with zero attached hydrogens (tertiary/aromatic N) is 5. The molecule has 0 saturated carbocycles. The van der Waals surface area contributed by atoms with E-state index >= 15 is 0 Å². The van der Waals surface area contributed by atoms with Crippen LogP contribution in [0, 0.1) is 0 Å². The Morgan fingerprint density at radius 3 is 2.63 bits per heavy atom. The minimum atomic E-state index is -0.130. The van der Waals surface area contributed by atoms with Gasteiger partial charge in [-0.25, -0.2) is 19.9 Å². The number of hydrogen-bond donors (Lipinski definition) is 3. The van der Waals surface area contributed by atoms with Crippen LogP contribution < -0.4 is 21.1 Å². The third-order valence-corrected chi connectivity index (χ3v) is 7.85. The molecule has 0 radical (unpaired) electrons. The van der Waals surface area contributed by atoms with Crippen LogP contribution in [0.15, 0.2) is 47.5 Å². The van der Waals surface area contributed by atoms with Crippen molar-refractivity contribution in [2.24, 2.45) is 0 Å². The third-order valence-electron chi connectivity index (χ3n) is 6.80. The number of para-hydroxylation sites is 1. The van der Waals surface area contributed by atoms with Crippen LogP contribution >= 0.6 is 11.3 Å². The maximum Gasteiger partial charge on any atom is 0.263 e. The molecular weight excluding hydrogens is 460 g/mol. The zero-order chi connectivity index (χ0) is 23.6. The number of aromatic amines is 1. The van der Waals surface area contributed by atoms with Crippen molar-refractivity contribution >= 4 is 33.3 Å². The van der Waals surface area contributed by atoms with Gasteiger partial charge in [0, 0.05) is 44.0 Å². The highest BCUT2D eigenvalue weighted by molar-refractivity contribution is 7.21. The van der Waals surface area contributed by atoms with Crippen molar-refractivity contribution in [1.82, 2.24) is 30.2 Å². The number of thiazole rings is 1. The number of benzene rings is 1. The molecule has 1 unspecified atom stereocenters. The number of piperidine rings is 2. The molecule has 3 aromatic heterocycles. The van der Waals surface area contributed by atoms with Gasteiger partial charge in [0.15, 0.2) is 0 Å². The quantitative estimate of drug-likeness (QED) is 0.392. The number of rotatable bonds is 5. The Morgan fingerprint density at radius 2 is 1.86 bits per heavy atom. The fourth-order valence-corrected chi connectivity index (χ4v) is 5.95. The van der Waals surface area contributed by atoms with Gasteiger partial charge in [0.2, 0.25) is 5.95 Å². The van der Waals surface area contributed by atoms with Crippen LogP contribution in [0.4, 0.5) is 11.8 Å². The Morgan fingerprint density at radius 1 is 1.03 bits per heavy atom. The SMILES string of the molecule is O=c1[nH]c(C2CCN(c3ncccn3)CC2)nc(NC2CCCNC2)c1-c1nc2ccccc2s1. The maximum atomic E-state index is 13.5. The molecule has 0 aliphatic carbocycles. The van der Waals surface area contributed by atoms with E-state index in [4.69, 9.17) is 9.97 Å². The average Bonchev–Trinajstić information content (AvgIpc) is 3.33. The molecule has 1 atom stereocenters. The van der Waals surface area contributed by atoms with Crippen LogP contribution in [0.5, 0.6) is 0 Å². The first-order valence-electron chi connectivity index (χ1n) is 12.2. The lowest BCUT2D eigenvalue weighted by Crippen LogP contribution is -2.39. The van der Waals surface area contributed by atoms with Crippen LogP contribution in [0.25, 0.3) is 20.8 Å². The predicted molar refractivity (Wildman–Crippen MR) is 139 cm³/mol. The Kier molecular flexibility index (Phi) is 6.13. The molecule has 6 rings (SSSR count). The van der Waals surface area contributed by atoms with Gasteiger partial charge in [-0.05, 0) is 50.4 Å². The van der Waals surface area contributed by atoms with Crippen molar-refractivity contribution in [1.29, 1.82) is 0 Å². The molecule has 0 spiro atoms. The summed E-state index contributed by atoms with van der Waals surface area (Å²) in [5.74, 6) is 2.33. The van der Waals surface area contributed by atoms with Gasteiger partial charge in [-0.2, -0.15) is 0 Å². The smallest absolute Gasteiger partial charge is 0.263 e. The minimum Gasteiger partial charge on any atom is -0.365 e. The van der Waals surface area contributed by atoms with Crippen molar-refractivity contribution in [2.75, 3.05) is 36.4 Å². The minimum absolute atomic E-state index is 0.130. The van der Waals surface area contributed by atoms with Crippen LogP contribution in [-0.2, 0) is 0 Å². The zero-order valence-electron chi connectivity index (χ0n) is 19.4. The second-order valence-corrected chi connectivity index (χ2v) is 10.2. The van der Waals surface area contributed by atoms with Gasteiger partial charge in [0.1, 0.15) is 22.2 Å². The van der Waals surface area contributed by atoms with Crippen LogP contribution in [0.3, 0.4) is 0 Å². The maximum absolute atomic E-state index is 13.5. The largest absolute Gasteiger partial charge is 0.365 e. The number of hydrogen-bond acceptors (Lipinski definition) is 9. The van der Waals surface area contributed by atoms with E-state index in [1.54, 1.807) is 12.4 Å². The van der Waals surface area contributed by atoms with Gasteiger partial charge in [0.25, 0.3) is 5.56 Å². The highest BCUT2D eigenvalue weighted by atomic mass is 32.1. The molecule has 35 heavy (non-hydrogen) atoms. The van der Waals surface area contributed by atoms with Gasteiger partial charge in [-0.15, -0.1) is 11.3 Å². The van der Waals surface area contributed by atoms with Crippen molar-refractivity contribution in [3.05, 3.63) is 58.9 Å². The van der Waals surface area contributed by atoms with E-state index < -0.39 is 0 Å². The molecule has 4 aromatic rings. The molecule has 10 heteroatoms. The molecule has 0 bridgehead atoms. The molecule has 180 valence electrons. The lowest BCUT2D eigenvalue weighted by molar-refractivity contribution is 0.473. The van der Waals surface area contributed by atoms with Gasteiger partial charge in [-0.3, -0.25) is 4.79 Å². The molecule has 2 aliphatic rings. The fourth-order valence-electron chi connectivity index (χ4n) is 4.94. The summed E-state index contributed by atoms with van der Waals surface area (Å²) in [4.78, 5) is 37.3. The first-order chi connectivity index (χ1) is 17.2. The van der Waals surface area contributed by atoms with E-state index in [1.807, 2.05) is 30.3 Å². The molecule has 2 aliphatic heterocycles. The van der Waals surface area contributed by atoms with Crippen LogP contribution in [0.2, 0.25) is 0 Å². The van der Waals surface area contributed by atoms with Gasteiger partial charge in [0.05, 0.1) is 10.2 Å². The third kappa shape index (κ3) is 4.63. The Labute approximate surface area is 207 Å². The van der Waals surface area contributed by atoms with Gasteiger partial charge < -0.3 is 20.5 Å². The summed E-state index contributed by atoms with van der Waals surface area (Å²) in [6.45, 7) is 3.54. The van der Waals surface area contributed by atoms with E-state index in [9.17, 15) is 4.79 Å². The second kappa shape index (κ2) is 9.71. The average molecular weight is 489 g/mol. The Balaban J connectivity index is 1.32. The highest BCUT2D eigenvalue weighted by Crippen LogP contribution is 2.34. The lowest BCUT2D eigenvalue weighted by atomic mass is 9.96. The highest BCUT2D eigenvalue weighted by Gasteiger charge is 2.27. The second-order valence-electron chi connectivity index (χ2n) is 9.16. The topological polar surface area (TPSA) is 112 Å². The summed E-state index contributed by atoms with van der Waals surface area (Å²) in [5, 5.41) is 7.73. The van der Waals surface area contributed by atoms with Gasteiger partial charge >= 0.3 is 0 Å². The first kappa shape index (κ1) is 22.1. The van der Waals surface area contributed by atoms with Crippen molar-refractivity contribution in [3.63, 3.8) is 0 Å². The molecule has 2 fully saturated rings. The summed E-state index contributed by atoms with van der Waals surface area (Å²) in [6, 6.07) is 10.0. The number of H-pyrrole nitrogens is 1. The molecule has 0 amide bonds. The summed E-state index contributed by atoms with van der Waals surface area (Å²) < 4.78 is 1.06. The van der Waals surface area contributed by atoms with Crippen molar-refractivity contribution in [3.8, 4) is 10.6 Å². The Bertz CT molecular complexity index is 1320. The molecule has 1 aromatic carbocycles. The van der Waals surface area contributed by atoms with Crippen molar-refractivity contribution < 1.29 is 0 Å². The normalized spacial score (nSPS) is 19.2. The monoisotopic (exact) mass is 488 g/mol. The van der Waals surface area contributed by atoms with E-state index in [-0.39, 0.29) is 17.5 Å². The van der Waals surface area contributed by atoms with E-state index in [0.717, 1.165) is 73.9 Å². The standard InChI is InChI=1S/C25H28N8OS/c34-23-20(24-30-18-6-1-2-7-19(18)35-24)22(29-17-5-3-10-26-15-17)31-21(32-23)16-8-13-33(14-9-16)25-27-11-4-12-28-25/h1-2,4,6-7,11-12,16-17,26H,3,5,8-10,13-15H2,(H2,29,31,32,34). The summed E-state index contributed by atoms with van der Waals surface area (Å²) in [7, 11) is 0. The predicted octanol–water partition coefficient (Wildman–Crippen LogP) is 3.38. The Hall–Kier alpha value is -3.37. The number of fused-ring (bicyclic) bond motifs is 1. The molecule has 3 N–H and O–H groups in total. The fraction of sp³-hybridized carbons (Fsp3) is 0.400. The molecule has 9 nitrogen and oxygen atoms in total. The summed E-state index contributed by atoms with van der Waals surface area (Å²) in [6.07, 6.45) is 7.45. The van der Waals surface area contributed by atoms with Gasteiger partial charge in [-0.1, -0.05) is 12.1 Å². The molecule has 5 heterocycles. The molecule has 2 saturated heterocycles. The number of aromatic nitrogens is 5. The summed E-state index contributed by atoms with van der Waals surface area (Å²) >= 11 is 1.53. The number of nitrogens with one attached hydrogen (secondary N) is 3. The number of anilines is 2. The van der Waals surface area contributed by atoms with E-state index in [2.05, 4.69) is 30.5 Å². The first-order valence-corrected chi connectivity index (χ1v) is 13.1. The van der Waals surface area contributed by atoms with Crippen molar-refractivity contribution in [2.45, 2.75) is 37.6 Å². The summed E-state index contributed by atoms with van der Waals surface area (Å²) in [5.41, 5.74) is 1.31. The lowest BCUT2D eigenvalue weighted by Gasteiger charge is -2.31. The zero-order valence-corrected chi connectivity index (χ0v) is 20.2. The van der Waals surface area contributed by atoms with E-state index in [0.29, 0.717) is 16.4 Å².